The highest BCUT2D eigenvalue weighted by atomic mass is 16.3. The molecular formula is C59H35N3O2. The summed E-state index contributed by atoms with van der Waals surface area (Å²) >= 11 is 0. The molecule has 9 aromatic carbocycles. The van der Waals surface area contributed by atoms with Crippen LogP contribution in [-0.2, 0) is 0 Å². The summed E-state index contributed by atoms with van der Waals surface area (Å²) in [4.78, 5) is 15.3. The number of hydrogen-bond acceptors (Lipinski definition) is 5. The topological polar surface area (TPSA) is 65.0 Å². The molecule has 0 aliphatic heterocycles. The van der Waals surface area contributed by atoms with Crippen molar-refractivity contribution in [1.82, 2.24) is 15.0 Å². The maximum Gasteiger partial charge on any atom is 0.160 e. The van der Waals surface area contributed by atoms with Crippen LogP contribution in [0.1, 0.15) is 0 Å². The summed E-state index contributed by atoms with van der Waals surface area (Å²) in [6.07, 6.45) is 3.73. The Kier molecular flexibility index (Phi) is 8.15. The van der Waals surface area contributed by atoms with Gasteiger partial charge in [0.2, 0.25) is 0 Å². The van der Waals surface area contributed by atoms with E-state index in [2.05, 4.69) is 175 Å². The smallest absolute Gasteiger partial charge is 0.160 e. The Labute approximate surface area is 367 Å². The Morgan fingerprint density at radius 3 is 1.28 bits per heavy atom. The Hall–Kier alpha value is -8.67. The molecule has 5 nitrogen and oxygen atoms in total. The van der Waals surface area contributed by atoms with Gasteiger partial charge in [-0.15, -0.1) is 0 Å². The van der Waals surface area contributed by atoms with Crippen molar-refractivity contribution in [1.29, 1.82) is 0 Å². The first kappa shape index (κ1) is 36.0. The van der Waals surface area contributed by atoms with Gasteiger partial charge in [0.1, 0.15) is 22.3 Å². The molecule has 0 saturated heterocycles. The van der Waals surface area contributed by atoms with Crippen molar-refractivity contribution in [2.75, 3.05) is 0 Å². The van der Waals surface area contributed by atoms with E-state index in [0.29, 0.717) is 5.82 Å². The van der Waals surface area contributed by atoms with E-state index in [1.54, 1.807) is 0 Å². The molecule has 13 rings (SSSR count). The first-order chi connectivity index (χ1) is 31.7. The fourth-order valence-corrected chi connectivity index (χ4v) is 9.60. The number of rotatable bonds is 6. The highest BCUT2D eigenvalue weighted by molar-refractivity contribution is 6.21. The Balaban J connectivity index is 1.08. The molecular weight excluding hydrogens is 783 g/mol. The first-order valence-electron chi connectivity index (χ1n) is 21.5. The molecule has 0 saturated carbocycles. The molecule has 0 radical (unpaired) electrons. The molecule has 5 heteroatoms. The van der Waals surface area contributed by atoms with Crippen LogP contribution in [0.25, 0.3) is 133 Å². The number of hydrogen-bond donors (Lipinski definition) is 0. The highest BCUT2D eigenvalue weighted by Gasteiger charge is 2.21. The number of pyridine rings is 1. The predicted octanol–water partition coefficient (Wildman–Crippen LogP) is 16.0. The zero-order valence-electron chi connectivity index (χ0n) is 34.4. The zero-order chi connectivity index (χ0) is 42.1. The van der Waals surface area contributed by atoms with Gasteiger partial charge < -0.3 is 8.83 Å². The largest absolute Gasteiger partial charge is 0.456 e. The molecule has 4 heterocycles. The van der Waals surface area contributed by atoms with Crippen molar-refractivity contribution >= 4 is 65.4 Å². The molecule has 0 unspecified atom stereocenters. The van der Waals surface area contributed by atoms with E-state index in [1.807, 2.05) is 42.7 Å². The van der Waals surface area contributed by atoms with Gasteiger partial charge in [0.05, 0.1) is 11.4 Å². The lowest BCUT2D eigenvalue weighted by atomic mass is 9.87. The van der Waals surface area contributed by atoms with Crippen molar-refractivity contribution in [2.24, 2.45) is 0 Å². The second-order valence-corrected chi connectivity index (χ2v) is 16.3. The Morgan fingerprint density at radius 2 is 0.719 bits per heavy atom. The van der Waals surface area contributed by atoms with E-state index in [1.165, 1.54) is 5.56 Å². The average molecular weight is 818 g/mol. The standard InChI is InChI=1S/C59H35N3O2/c1-2-12-36(13-3-1)51-35-52(58-47-18-6-4-16-45(47)57(37-26-28-60-29-27-37)46-17-5-7-19-48(46)58)62-59(61-51)42-31-40(38-22-24-55-49(33-38)43-14-8-10-20-53(43)63-55)30-41(32-42)39-23-25-56-50(34-39)44-15-9-11-21-54(44)64-56/h1-35H. The number of fused-ring (bicyclic) bond motifs is 8. The lowest BCUT2D eigenvalue weighted by molar-refractivity contribution is 0.668. The quantitative estimate of drug-likeness (QED) is 0.156. The number of nitrogens with zero attached hydrogens (tertiary/aromatic N) is 3. The van der Waals surface area contributed by atoms with Gasteiger partial charge >= 0.3 is 0 Å². The molecule has 0 amide bonds. The SMILES string of the molecule is c1ccc(-c2cc(-c3c4ccccc4c(-c4ccncc4)c4ccccc34)nc(-c3cc(-c4ccc5oc6ccccc6c5c4)cc(-c4ccc5oc6ccccc6c5c4)c3)n2)cc1. The van der Waals surface area contributed by atoms with Gasteiger partial charge in [-0.3, -0.25) is 4.98 Å². The monoisotopic (exact) mass is 817 g/mol. The highest BCUT2D eigenvalue weighted by Crippen LogP contribution is 2.45. The molecule has 4 aromatic heterocycles. The van der Waals surface area contributed by atoms with Gasteiger partial charge in [-0.1, -0.05) is 127 Å². The summed E-state index contributed by atoms with van der Waals surface area (Å²) in [5.74, 6) is 0.635. The lowest BCUT2D eigenvalue weighted by Crippen LogP contribution is -1.98. The summed E-state index contributed by atoms with van der Waals surface area (Å²) in [7, 11) is 0. The summed E-state index contributed by atoms with van der Waals surface area (Å²) < 4.78 is 12.5. The summed E-state index contributed by atoms with van der Waals surface area (Å²) in [5.41, 5.74) is 14.7. The fraction of sp³-hybridized carbons (Fsp3) is 0. The van der Waals surface area contributed by atoms with Gasteiger partial charge in [-0.2, -0.15) is 0 Å². The van der Waals surface area contributed by atoms with Gasteiger partial charge in [0, 0.05) is 50.6 Å². The number of benzene rings is 9. The second-order valence-electron chi connectivity index (χ2n) is 16.3. The summed E-state index contributed by atoms with van der Waals surface area (Å²) in [6, 6.07) is 70.2. The first-order valence-corrected chi connectivity index (χ1v) is 21.5. The van der Waals surface area contributed by atoms with Crippen LogP contribution in [0.2, 0.25) is 0 Å². The Bertz CT molecular complexity index is 3770. The fourth-order valence-electron chi connectivity index (χ4n) is 9.60. The van der Waals surface area contributed by atoms with Crippen LogP contribution in [0.4, 0.5) is 0 Å². The predicted molar refractivity (Wildman–Crippen MR) is 262 cm³/mol. The zero-order valence-corrected chi connectivity index (χ0v) is 34.4. The van der Waals surface area contributed by atoms with Crippen LogP contribution in [0, 0.1) is 0 Å². The Morgan fingerprint density at radius 1 is 0.266 bits per heavy atom. The maximum absolute atomic E-state index is 6.27. The number of furan rings is 2. The van der Waals surface area contributed by atoms with Crippen LogP contribution in [0.15, 0.2) is 221 Å². The average Bonchev–Trinajstić information content (AvgIpc) is 3.93. The van der Waals surface area contributed by atoms with Crippen LogP contribution in [0.5, 0.6) is 0 Å². The van der Waals surface area contributed by atoms with Gasteiger partial charge in [-0.25, -0.2) is 9.97 Å². The van der Waals surface area contributed by atoms with E-state index in [0.717, 1.165) is 121 Å². The summed E-state index contributed by atoms with van der Waals surface area (Å²) in [6.45, 7) is 0. The minimum Gasteiger partial charge on any atom is -0.456 e. The minimum absolute atomic E-state index is 0.635. The van der Waals surface area contributed by atoms with Gasteiger partial charge in [0.25, 0.3) is 0 Å². The third-order valence-electron chi connectivity index (χ3n) is 12.6. The maximum atomic E-state index is 6.27. The molecule has 0 bridgehead atoms. The molecule has 0 fully saturated rings. The van der Waals surface area contributed by atoms with Crippen molar-refractivity contribution < 1.29 is 8.83 Å². The van der Waals surface area contributed by atoms with E-state index in [-0.39, 0.29) is 0 Å². The summed E-state index contributed by atoms with van der Waals surface area (Å²) in [5, 5.41) is 8.86. The molecule has 64 heavy (non-hydrogen) atoms. The molecule has 0 spiro atoms. The van der Waals surface area contributed by atoms with E-state index < -0.39 is 0 Å². The van der Waals surface area contributed by atoms with E-state index >= 15 is 0 Å². The molecule has 0 N–H and O–H groups in total. The van der Waals surface area contributed by atoms with Crippen LogP contribution < -0.4 is 0 Å². The molecule has 0 aliphatic rings. The van der Waals surface area contributed by atoms with Gasteiger partial charge in [-0.05, 0) is 128 Å². The number of para-hydroxylation sites is 2. The van der Waals surface area contributed by atoms with Crippen molar-refractivity contribution in [2.45, 2.75) is 0 Å². The van der Waals surface area contributed by atoms with E-state index in [4.69, 9.17) is 18.8 Å². The minimum atomic E-state index is 0.635. The molecule has 13 aromatic rings. The molecule has 0 atom stereocenters. The second kappa shape index (κ2) is 14.5. The van der Waals surface area contributed by atoms with Crippen molar-refractivity contribution in [3.8, 4) is 67.3 Å². The van der Waals surface area contributed by atoms with Crippen molar-refractivity contribution in [3.63, 3.8) is 0 Å². The van der Waals surface area contributed by atoms with Gasteiger partial charge in [0.15, 0.2) is 5.82 Å². The third kappa shape index (κ3) is 5.90. The molecule has 298 valence electrons. The lowest BCUT2D eigenvalue weighted by Gasteiger charge is -2.18. The number of aromatic nitrogens is 3. The van der Waals surface area contributed by atoms with Crippen molar-refractivity contribution in [3.05, 3.63) is 213 Å². The normalized spacial score (nSPS) is 11.8. The van der Waals surface area contributed by atoms with Crippen LogP contribution in [-0.4, -0.2) is 15.0 Å². The third-order valence-corrected chi connectivity index (χ3v) is 12.6. The van der Waals surface area contributed by atoms with Crippen LogP contribution >= 0.6 is 0 Å². The van der Waals surface area contributed by atoms with E-state index in [9.17, 15) is 0 Å². The van der Waals surface area contributed by atoms with Crippen LogP contribution in [0.3, 0.4) is 0 Å². The molecule has 0 aliphatic carbocycles.